The van der Waals surface area contributed by atoms with Crippen LogP contribution in [0.4, 0.5) is 0 Å². The van der Waals surface area contributed by atoms with Crippen molar-refractivity contribution < 1.29 is 14.4 Å². The van der Waals surface area contributed by atoms with Gasteiger partial charge in [-0.25, -0.2) is 0 Å². The maximum Gasteiger partial charge on any atom is 0.178 e. The van der Waals surface area contributed by atoms with Gasteiger partial charge in [0.25, 0.3) is 0 Å². The highest BCUT2D eigenvalue weighted by molar-refractivity contribution is 6.01. The van der Waals surface area contributed by atoms with Gasteiger partial charge in [-0.05, 0) is 80.8 Å². The number of rotatable bonds is 2. The fraction of sp³-hybridized carbons (Fsp3) is 0.682. The normalized spacial score (nSPS) is 48.2. The zero-order valence-corrected chi connectivity index (χ0v) is 15.5. The Balaban J connectivity index is 1.73. The Bertz CT molecular complexity index is 717. The molecule has 0 amide bonds. The van der Waals surface area contributed by atoms with Crippen molar-refractivity contribution in [2.24, 2.45) is 34.0 Å². The van der Waals surface area contributed by atoms with Gasteiger partial charge in [0.1, 0.15) is 12.1 Å². The summed E-state index contributed by atoms with van der Waals surface area (Å²) >= 11 is 0. The van der Waals surface area contributed by atoms with Gasteiger partial charge >= 0.3 is 0 Å². The van der Waals surface area contributed by atoms with Crippen LogP contribution < -0.4 is 0 Å². The highest BCUT2D eigenvalue weighted by Gasteiger charge is 2.65. The van der Waals surface area contributed by atoms with Crippen LogP contribution >= 0.6 is 0 Å². The van der Waals surface area contributed by atoms with Crippen molar-refractivity contribution in [3.63, 3.8) is 0 Å². The molecule has 5 unspecified atom stereocenters. The van der Waals surface area contributed by atoms with E-state index in [4.69, 9.17) is 0 Å². The summed E-state index contributed by atoms with van der Waals surface area (Å²) in [7, 11) is 0. The molecule has 6 atom stereocenters. The Labute approximate surface area is 149 Å². The summed E-state index contributed by atoms with van der Waals surface area (Å²) in [4.78, 5) is 36.3. The number of ketones is 2. The second kappa shape index (κ2) is 5.25. The summed E-state index contributed by atoms with van der Waals surface area (Å²) in [5, 5.41) is 0. The lowest BCUT2D eigenvalue weighted by atomic mass is 9.46. The lowest BCUT2D eigenvalue weighted by molar-refractivity contribution is -0.146. The minimum atomic E-state index is -0.780. The van der Waals surface area contributed by atoms with E-state index in [1.807, 2.05) is 6.08 Å². The summed E-state index contributed by atoms with van der Waals surface area (Å²) in [5.74, 6) is 1.66. The maximum atomic E-state index is 12.5. The molecule has 0 aromatic rings. The van der Waals surface area contributed by atoms with E-state index in [-0.39, 0.29) is 22.4 Å². The molecule has 4 aliphatic carbocycles. The maximum absolute atomic E-state index is 12.5. The fourth-order valence-electron chi connectivity index (χ4n) is 7.13. The Morgan fingerprint density at radius 2 is 1.88 bits per heavy atom. The van der Waals surface area contributed by atoms with E-state index >= 15 is 0 Å². The first-order valence-corrected chi connectivity index (χ1v) is 9.70. The van der Waals surface area contributed by atoms with Crippen LogP contribution in [0.25, 0.3) is 0 Å². The van der Waals surface area contributed by atoms with Crippen LogP contribution in [-0.4, -0.2) is 17.9 Å². The topological polar surface area (TPSA) is 51.2 Å². The van der Waals surface area contributed by atoms with Crippen LogP contribution in [0, 0.1) is 34.0 Å². The third-order valence-electron chi connectivity index (χ3n) is 8.64. The number of hydrogen-bond donors (Lipinski definition) is 0. The molecule has 134 valence electrons. The van der Waals surface area contributed by atoms with E-state index in [1.54, 1.807) is 13.0 Å². The molecular formula is C22H28O3. The smallest absolute Gasteiger partial charge is 0.178 e. The molecule has 0 aromatic heterocycles. The van der Waals surface area contributed by atoms with E-state index in [0.717, 1.165) is 38.4 Å². The summed E-state index contributed by atoms with van der Waals surface area (Å²) in [6.07, 6.45) is 12.4. The quantitative estimate of drug-likeness (QED) is 0.562. The second-order valence-corrected chi connectivity index (χ2v) is 9.24. The number of carbonyl (C=O) groups is 3. The van der Waals surface area contributed by atoms with Crippen molar-refractivity contribution >= 4 is 17.9 Å². The first kappa shape index (κ1) is 16.9. The van der Waals surface area contributed by atoms with Crippen molar-refractivity contribution in [2.75, 3.05) is 0 Å². The lowest BCUT2D eigenvalue weighted by Gasteiger charge is -2.58. The Morgan fingerprint density at radius 1 is 1.16 bits per heavy atom. The molecule has 4 aliphatic rings. The van der Waals surface area contributed by atoms with Crippen LogP contribution in [0.3, 0.4) is 0 Å². The second-order valence-electron chi connectivity index (χ2n) is 9.24. The van der Waals surface area contributed by atoms with E-state index in [2.05, 4.69) is 19.9 Å². The average Bonchev–Trinajstić information content (AvgIpc) is 2.89. The Hall–Kier alpha value is -1.51. The number of carbonyl (C=O) groups excluding carboxylic acids is 3. The van der Waals surface area contributed by atoms with Crippen LogP contribution in [0.15, 0.2) is 23.8 Å². The predicted molar refractivity (Wildman–Crippen MR) is 95.8 cm³/mol. The van der Waals surface area contributed by atoms with Crippen molar-refractivity contribution in [1.82, 2.24) is 0 Å². The van der Waals surface area contributed by atoms with Gasteiger partial charge in [-0.15, -0.1) is 0 Å². The third-order valence-corrected chi connectivity index (χ3v) is 8.64. The molecule has 3 nitrogen and oxygen atoms in total. The molecule has 3 heteroatoms. The number of fused-ring (bicyclic) bond motifs is 5. The van der Waals surface area contributed by atoms with Crippen molar-refractivity contribution in [3.8, 4) is 0 Å². The number of Topliss-reactive ketones (excluding diaryl/α,β-unsaturated/α-hetero) is 1. The van der Waals surface area contributed by atoms with Crippen molar-refractivity contribution in [2.45, 2.75) is 59.3 Å². The Kier molecular flexibility index (Phi) is 3.55. The zero-order valence-electron chi connectivity index (χ0n) is 15.5. The highest BCUT2D eigenvalue weighted by atomic mass is 16.1. The molecule has 0 aromatic carbocycles. The molecule has 4 rings (SSSR count). The highest BCUT2D eigenvalue weighted by Crippen LogP contribution is 2.69. The van der Waals surface area contributed by atoms with Crippen LogP contribution in [0.2, 0.25) is 0 Å². The van der Waals surface area contributed by atoms with E-state index in [0.29, 0.717) is 24.2 Å². The van der Waals surface area contributed by atoms with Gasteiger partial charge < -0.3 is 4.79 Å². The standard InChI is InChI=1S/C22H28O3/c1-14(24)22(13-23)11-8-19-17-5-4-15-12-16(25)6-9-20(15,2)18(17)7-10-21(19,22)3/h6,9,12-13,17-19H,4-5,7-8,10-11H2,1-3H3/t17?,18?,19?,20?,21?,22-/m0/s1. The van der Waals surface area contributed by atoms with Crippen LogP contribution in [0.1, 0.15) is 59.3 Å². The van der Waals surface area contributed by atoms with E-state index in [9.17, 15) is 14.4 Å². The van der Waals surface area contributed by atoms with Crippen molar-refractivity contribution in [1.29, 1.82) is 0 Å². The number of aldehydes is 1. The molecule has 0 saturated heterocycles. The average molecular weight is 340 g/mol. The molecule has 0 heterocycles. The number of hydrogen-bond acceptors (Lipinski definition) is 3. The SMILES string of the molecule is CC(=O)[C@@]1(C=O)CCC2C3CCC4=CC(=O)C=CC4(C)C3CCC21C. The van der Waals surface area contributed by atoms with Crippen LogP contribution in [-0.2, 0) is 14.4 Å². The van der Waals surface area contributed by atoms with Gasteiger partial charge in [-0.1, -0.05) is 25.5 Å². The first-order chi connectivity index (χ1) is 11.8. The molecule has 0 aliphatic heterocycles. The lowest BCUT2D eigenvalue weighted by Crippen LogP contribution is -2.54. The Morgan fingerprint density at radius 3 is 2.56 bits per heavy atom. The number of allylic oxidation sites excluding steroid dienone is 4. The first-order valence-electron chi connectivity index (χ1n) is 9.70. The molecule has 0 bridgehead atoms. The summed E-state index contributed by atoms with van der Waals surface area (Å²) < 4.78 is 0. The molecule has 0 radical (unpaired) electrons. The van der Waals surface area contributed by atoms with Gasteiger partial charge in [0.2, 0.25) is 0 Å². The molecule has 3 fully saturated rings. The van der Waals surface area contributed by atoms with E-state index < -0.39 is 5.41 Å². The molecule has 25 heavy (non-hydrogen) atoms. The van der Waals surface area contributed by atoms with Gasteiger partial charge in [0, 0.05) is 5.41 Å². The van der Waals surface area contributed by atoms with Crippen LogP contribution in [0.5, 0.6) is 0 Å². The third kappa shape index (κ3) is 1.96. The zero-order chi connectivity index (χ0) is 18.0. The minimum absolute atomic E-state index is 0.0270. The molecule has 0 N–H and O–H groups in total. The molecule has 0 spiro atoms. The monoisotopic (exact) mass is 340 g/mol. The molecule has 3 saturated carbocycles. The van der Waals surface area contributed by atoms with Crippen molar-refractivity contribution in [3.05, 3.63) is 23.8 Å². The minimum Gasteiger partial charge on any atom is -0.302 e. The van der Waals surface area contributed by atoms with Gasteiger partial charge in [-0.3, -0.25) is 9.59 Å². The molecular weight excluding hydrogens is 312 g/mol. The summed E-state index contributed by atoms with van der Waals surface area (Å²) in [6, 6.07) is 0. The largest absolute Gasteiger partial charge is 0.302 e. The summed E-state index contributed by atoms with van der Waals surface area (Å²) in [6.45, 7) is 6.09. The summed E-state index contributed by atoms with van der Waals surface area (Å²) in [5.41, 5.74) is 0.280. The van der Waals surface area contributed by atoms with Gasteiger partial charge in [-0.2, -0.15) is 0 Å². The predicted octanol–water partition coefficient (Wildman–Crippen LogP) is 4.07. The van der Waals surface area contributed by atoms with E-state index in [1.165, 1.54) is 5.57 Å². The van der Waals surface area contributed by atoms with Gasteiger partial charge in [0.15, 0.2) is 5.78 Å². The fourth-order valence-corrected chi connectivity index (χ4v) is 7.13. The van der Waals surface area contributed by atoms with Gasteiger partial charge in [0.05, 0.1) is 5.41 Å².